The number of para-hydroxylation sites is 2. The van der Waals surface area contributed by atoms with Crippen molar-refractivity contribution in [2.75, 3.05) is 13.1 Å². The number of likely N-dealkylation sites (tertiary alicyclic amines) is 1. The van der Waals surface area contributed by atoms with Crippen LogP contribution in [0.2, 0.25) is 0 Å². The first kappa shape index (κ1) is 17.7. The number of hydrogen-bond donors (Lipinski definition) is 1. The normalized spacial score (nSPS) is 21.0. The number of amides is 1. The molecule has 2 atom stereocenters. The number of piperidine rings is 1. The Kier molecular flexibility index (Phi) is 5.27. The number of carbonyl (C=O) groups excluding carboxylic acids is 1. The summed E-state index contributed by atoms with van der Waals surface area (Å²) in [5.41, 5.74) is 1.74. The Balaban J connectivity index is 1.76. The number of benzene rings is 1. The molecule has 2 unspecified atom stereocenters. The van der Waals surface area contributed by atoms with Crippen LogP contribution in [0.4, 0.5) is 0 Å². The fourth-order valence-electron chi connectivity index (χ4n) is 3.57. The van der Waals surface area contributed by atoms with Crippen LogP contribution in [-0.4, -0.2) is 44.2 Å². The van der Waals surface area contributed by atoms with Crippen molar-refractivity contribution < 1.29 is 9.90 Å². The zero-order valence-corrected chi connectivity index (χ0v) is 15.0. The van der Waals surface area contributed by atoms with Crippen molar-refractivity contribution in [2.24, 2.45) is 5.92 Å². The molecule has 1 saturated heterocycles. The molecule has 2 heterocycles. The number of β-amino-alcohol motifs (C(OH)–C–C–N with tert-alkyl or cyclic N) is 1. The third kappa shape index (κ3) is 3.49. The van der Waals surface area contributed by atoms with Crippen molar-refractivity contribution >= 4 is 16.9 Å². The molecular formula is C19H27N3O3. The third-order valence-electron chi connectivity index (χ3n) is 5.19. The molecule has 136 valence electrons. The van der Waals surface area contributed by atoms with Gasteiger partial charge in [-0.25, -0.2) is 4.79 Å². The van der Waals surface area contributed by atoms with E-state index < -0.39 is 6.10 Å². The lowest BCUT2D eigenvalue weighted by atomic mass is 9.96. The number of aliphatic hydroxyl groups is 1. The van der Waals surface area contributed by atoms with Crippen LogP contribution in [0.5, 0.6) is 0 Å². The van der Waals surface area contributed by atoms with Crippen LogP contribution < -0.4 is 5.69 Å². The highest BCUT2D eigenvalue weighted by molar-refractivity contribution is 5.78. The van der Waals surface area contributed by atoms with E-state index in [9.17, 15) is 14.7 Å². The molecule has 0 bridgehead atoms. The van der Waals surface area contributed by atoms with Gasteiger partial charge in [0.05, 0.1) is 17.1 Å². The maximum atomic E-state index is 12.7. The van der Waals surface area contributed by atoms with Crippen molar-refractivity contribution in [3.8, 4) is 0 Å². The SMILES string of the molecule is CCCn1c(=O)n(CCC(=O)N2CCC(C)C(O)C2)c2ccccc21. The van der Waals surface area contributed by atoms with E-state index in [0.29, 0.717) is 26.2 Å². The number of hydrogen-bond acceptors (Lipinski definition) is 3. The first-order valence-corrected chi connectivity index (χ1v) is 9.16. The summed E-state index contributed by atoms with van der Waals surface area (Å²) in [4.78, 5) is 26.9. The molecule has 25 heavy (non-hydrogen) atoms. The van der Waals surface area contributed by atoms with Gasteiger partial charge in [-0.1, -0.05) is 26.0 Å². The molecule has 0 aliphatic carbocycles. The molecule has 0 radical (unpaired) electrons. The molecule has 6 heteroatoms. The van der Waals surface area contributed by atoms with Crippen LogP contribution in [-0.2, 0) is 17.9 Å². The van der Waals surface area contributed by atoms with Crippen LogP contribution in [0.1, 0.15) is 33.1 Å². The van der Waals surface area contributed by atoms with Crippen LogP contribution in [0, 0.1) is 5.92 Å². The van der Waals surface area contributed by atoms with E-state index in [2.05, 4.69) is 0 Å². The quantitative estimate of drug-likeness (QED) is 0.899. The fourth-order valence-corrected chi connectivity index (χ4v) is 3.57. The highest BCUT2D eigenvalue weighted by atomic mass is 16.3. The molecule has 1 amide bonds. The van der Waals surface area contributed by atoms with E-state index in [-0.39, 0.29) is 23.9 Å². The number of nitrogens with zero attached hydrogens (tertiary/aromatic N) is 3. The smallest absolute Gasteiger partial charge is 0.329 e. The lowest BCUT2D eigenvalue weighted by Gasteiger charge is -2.34. The fraction of sp³-hybridized carbons (Fsp3) is 0.579. The number of fused-ring (bicyclic) bond motifs is 1. The lowest BCUT2D eigenvalue weighted by Crippen LogP contribution is -2.46. The van der Waals surface area contributed by atoms with Crippen molar-refractivity contribution in [3.63, 3.8) is 0 Å². The van der Waals surface area contributed by atoms with Crippen LogP contribution >= 0.6 is 0 Å². The Labute approximate surface area is 147 Å². The molecular weight excluding hydrogens is 318 g/mol. The molecule has 2 aromatic rings. The number of aromatic nitrogens is 2. The number of imidazole rings is 1. The van der Waals surface area contributed by atoms with Crippen molar-refractivity contribution in [1.29, 1.82) is 0 Å². The van der Waals surface area contributed by atoms with Gasteiger partial charge < -0.3 is 10.0 Å². The molecule has 1 aromatic heterocycles. The molecule has 0 spiro atoms. The van der Waals surface area contributed by atoms with Gasteiger partial charge in [0.25, 0.3) is 0 Å². The largest absolute Gasteiger partial charge is 0.391 e. The first-order chi connectivity index (χ1) is 12.0. The van der Waals surface area contributed by atoms with Gasteiger partial charge in [0.2, 0.25) is 5.91 Å². The Hall–Kier alpha value is -2.08. The van der Waals surface area contributed by atoms with Gasteiger partial charge in [-0.2, -0.15) is 0 Å². The second kappa shape index (κ2) is 7.44. The van der Waals surface area contributed by atoms with Crippen molar-refractivity contribution in [2.45, 2.75) is 52.3 Å². The summed E-state index contributed by atoms with van der Waals surface area (Å²) in [7, 11) is 0. The Morgan fingerprint density at radius 3 is 2.44 bits per heavy atom. The van der Waals surface area contributed by atoms with Gasteiger partial charge in [0, 0.05) is 32.6 Å². The maximum Gasteiger partial charge on any atom is 0.329 e. The Morgan fingerprint density at radius 2 is 1.84 bits per heavy atom. The second-order valence-corrected chi connectivity index (χ2v) is 7.00. The van der Waals surface area contributed by atoms with Gasteiger partial charge in [-0.3, -0.25) is 13.9 Å². The molecule has 1 aliphatic rings. The number of aliphatic hydroxyl groups excluding tert-OH is 1. The summed E-state index contributed by atoms with van der Waals surface area (Å²) >= 11 is 0. The summed E-state index contributed by atoms with van der Waals surface area (Å²) in [6.45, 7) is 6.18. The van der Waals surface area contributed by atoms with E-state index >= 15 is 0 Å². The van der Waals surface area contributed by atoms with Gasteiger partial charge in [0.1, 0.15) is 0 Å². The first-order valence-electron chi connectivity index (χ1n) is 9.16. The minimum atomic E-state index is -0.452. The zero-order valence-electron chi connectivity index (χ0n) is 15.0. The Morgan fingerprint density at radius 1 is 1.20 bits per heavy atom. The summed E-state index contributed by atoms with van der Waals surface area (Å²) < 4.78 is 3.48. The Bertz CT molecular complexity index is 808. The van der Waals surface area contributed by atoms with Gasteiger partial charge in [0.15, 0.2) is 0 Å². The predicted molar refractivity (Wildman–Crippen MR) is 97.5 cm³/mol. The van der Waals surface area contributed by atoms with Gasteiger partial charge >= 0.3 is 5.69 Å². The van der Waals surface area contributed by atoms with E-state index in [1.54, 1.807) is 14.0 Å². The van der Waals surface area contributed by atoms with E-state index in [4.69, 9.17) is 0 Å². The molecule has 0 saturated carbocycles. The van der Waals surface area contributed by atoms with Crippen LogP contribution in [0.15, 0.2) is 29.1 Å². The summed E-state index contributed by atoms with van der Waals surface area (Å²) in [5.74, 6) is 0.240. The topological polar surface area (TPSA) is 67.5 Å². The predicted octanol–water partition coefficient (Wildman–Crippen LogP) is 1.83. The van der Waals surface area contributed by atoms with Crippen molar-refractivity contribution in [1.82, 2.24) is 14.0 Å². The van der Waals surface area contributed by atoms with E-state index in [0.717, 1.165) is 23.9 Å². The van der Waals surface area contributed by atoms with Gasteiger partial charge in [-0.15, -0.1) is 0 Å². The molecule has 6 nitrogen and oxygen atoms in total. The molecule has 1 aromatic carbocycles. The highest BCUT2D eigenvalue weighted by Crippen LogP contribution is 2.18. The minimum Gasteiger partial charge on any atom is -0.391 e. The minimum absolute atomic E-state index is 0.00479. The summed E-state index contributed by atoms with van der Waals surface area (Å²) in [6, 6.07) is 7.73. The average molecular weight is 345 g/mol. The number of carbonyl (C=O) groups is 1. The summed E-state index contributed by atoms with van der Waals surface area (Å²) in [5, 5.41) is 9.98. The molecule has 1 aliphatic heterocycles. The highest BCUT2D eigenvalue weighted by Gasteiger charge is 2.27. The summed E-state index contributed by atoms with van der Waals surface area (Å²) in [6.07, 6.45) is 1.53. The lowest BCUT2D eigenvalue weighted by molar-refractivity contribution is -0.135. The standard InChI is InChI=1S/C19H27N3O3/c1-3-10-21-15-6-4-5-7-16(15)22(19(21)25)12-9-18(24)20-11-8-14(2)17(23)13-20/h4-7,14,17,23H,3,8-13H2,1-2H3. The number of aryl methyl sites for hydroxylation is 2. The van der Waals surface area contributed by atoms with E-state index in [1.807, 2.05) is 38.1 Å². The monoisotopic (exact) mass is 345 g/mol. The van der Waals surface area contributed by atoms with Crippen molar-refractivity contribution in [3.05, 3.63) is 34.7 Å². The second-order valence-electron chi connectivity index (χ2n) is 7.00. The molecule has 3 rings (SSSR count). The van der Waals surface area contributed by atoms with Gasteiger partial charge in [-0.05, 0) is 30.9 Å². The van der Waals surface area contributed by atoms with E-state index in [1.165, 1.54) is 0 Å². The van der Waals surface area contributed by atoms with Crippen LogP contribution in [0.25, 0.3) is 11.0 Å². The zero-order chi connectivity index (χ0) is 18.0. The molecule has 1 fully saturated rings. The number of rotatable bonds is 5. The third-order valence-corrected chi connectivity index (χ3v) is 5.19. The molecule has 1 N–H and O–H groups in total. The van der Waals surface area contributed by atoms with Crippen LogP contribution in [0.3, 0.4) is 0 Å². The maximum absolute atomic E-state index is 12.7. The average Bonchev–Trinajstić information content (AvgIpc) is 2.87.